The number of hydrogen-bond acceptors (Lipinski definition) is 5. The van der Waals surface area contributed by atoms with Crippen LogP contribution in [0.15, 0.2) is 12.1 Å². The summed E-state index contributed by atoms with van der Waals surface area (Å²) in [5.41, 5.74) is 0.723. The number of benzene rings is 1. The molecule has 0 aromatic heterocycles. The fourth-order valence-corrected chi connectivity index (χ4v) is 5.45. The number of aliphatic hydroxyl groups is 1. The summed E-state index contributed by atoms with van der Waals surface area (Å²) in [4.78, 5) is 14.7. The van der Waals surface area contributed by atoms with Crippen molar-refractivity contribution in [1.29, 1.82) is 0 Å². The highest BCUT2D eigenvalue weighted by Gasteiger charge is 2.65. The van der Waals surface area contributed by atoms with Crippen LogP contribution in [0.25, 0.3) is 0 Å². The van der Waals surface area contributed by atoms with Gasteiger partial charge in [0.25, 0.3) is 0 Å². The maximum Gasteiger partial charge on any atom is 0.164 e. The smallest absolute Gasteiger partial charge is 0.164 e. The molecular formula is C19H25NO4. The molecule has 3 atom stereocenters. The van der Waals surface area contributed by atoms with Gasteiger partial charge in [-0.1, -0.05) is 6.07 Å². The van der Waals surface area contributed by atoms with E-state index >= 15 is 0 Å². The van der Waals surface area contributed by atoms with Gasteiger partial charge in [-0.05, 0) is 44.5 Å². The summed E-state index contributed by atoms with van der Waals surface area (Å²) in [6.45, 7) is 0.875. The van der Waals surface area contributed by atoms with E-state index in [0.717, 1.165) is 24.9 Å². The Labute approximate surface area is 142 Å². The summed E-state index contributed by atoms with van der Waals surface area (Å²) in [5.74, 6) is 1.59. The highest BCUT2D eigenvalue weighted by molar-refractivity contribution is 5.83. The summed E-state index contributed by atoms with van der Waals surface area (Å²) >= 11 is 0. The van der Waals surface area contributed by atoms with Crippen LogP contribution in [0.2, 0.25) is 0 Å². The van der Waals surface area contributed by atoms with Crippen molar-refractivity contribution in [3.05, 3.63) is 23.3 Å². The van der Waals surface area contributed by atoms with Crippen molar-refractivity contribution in [1.82, 2.24) is 4.90 Å². The SMILES string of the molecule is COc1ccc2c(c1OC)C13CCN(C)C(C2)[C@]1(O)CCC(=O)C3. The lowest BCUT2D eigenvalue weighted by atomic mass is 9.49. The van der Waals surface area contributed by atoms with E-state index in [1.165, 1.54) is 5.56 Å². The normalized spacial score (nSPS) is 35.2. The van der Waals surface area contributed by atoms with Gasteiger partial charge in [-0.2, -0.15) is 0 Å². The summed E-state index contributed by atoms with van der Waals surface area (Å²) in [6.07, 6.45) is 2.92. The molecule has 1 saturated carbocycles. The number of piperidine rings is 1. The zero-order valence-electron chi connectivity index (χ0n) is 14.6. The molecule has 24 heavy (non-hydrogen) atoms. The Bertz CT molecular complexity index is 703. The number of Topliss-reactive ketones (excluding diaryl/α,β-unsaturated/α-hetero) is 1. The third-order valence-corrected chi connectivity index (χ3v) is 6.61. The van der Waals surface area contributed by atoms with E-state index in [2.05, 4.69) is 18.0 Å². The molecule has 0 radical (unpaired) electrons. The first-order chi connectivity index (χ1) is 11.5. The van der Waals surface area contributed by atoms with E-state index in [1.807, 2.05) is 6.07 Å². The number of likely N-dealkylation sites (tertiary alicyclic amines) is 1. The average Bonchev–Trinajstić information content (AvgIpc) is 2.57. The van der Waals surface area contributed by atoms with Gasteiger partial charge in [0.2, 0.25) is 0 Å². The van der Waals surface area contributed by atoms with Gasteiger partial charge in [-0.25, -0.2) is 0 Å². The number of nitrogens with zero attached hydrogens (tertiary/aromatic N) is 1. The van der Waals surface area contributed by atoms with Crippen LogP contribution in [0.5, 0.6) is 11.5 Å². The third kappa shape index (κ3) is 1.80. The Morgan fingerprint density at radius 3 is 2.75 bits per heavy atom. The second-order valence-corrected chi connectivity index (χ2v) is 7.51. The minimum Gasteiger partial charge on any atom is -0.493 e. The van der Waals surface area contributed by atoms with Crippen molar-refractivity contribution < 1.29 is 19.4 Å². The minimum absolute atomic E-state index is 0.0463. The van der Waals surface area contributed by atoms with Crippen LogP contribution in [0.1, 0.15) is 36.8 Å². The minimum atomic E-state index is -0.888. The first-order valence-electron chi connectivity index (χ1n) is 8.65. The van der Waals surface area contributed by atoms with Gasteiger partial charge < -0.3 is 19.5 Å². The largest absolute Gasteiger partial charge is 0.493 e. The monoisotopic (exact) mass is 331 g/mol. The first kappa shape index (κ1) is 15.9. The molecule has 1 aromatic rings. The Morgan fingerprint density at radius 1 is 1.25 bits per heavy atom. The van der Waals surface area contributed by atoms with Crippen LogP contribution in [0, 0.1) is 0 Å². The molecule has 3 aliphatic rings. The maximum atomic E-state index is 12.4. The fraction of sp³-hybridized carbons (Fsp3) is 0.632. The highest BCUT2D eigenvalue weighted by atomic mass is 16.5. The lowest BCUT2D eigenvalue weighted by Crippen LogP contribution is -2.72. The number of likely N-dealkylation sites (N-methyl/N-ethyl adjacent to an activating group) is 1. The van der Waals surface area contributed by atoms with Crippen molar-refractivity contribution in [2.75, 3.05) is 27.8 Å². The van der Waals surface area contributed by atoms with Crippen molar-refractivity contribution in [3.63, 3.8) is 0 Å². The van der Waals surface area contributed by atoms with Gasteiger partial charge in [-0.3, -0.25) is 4.79 Å². The predicted octanol–water partition coefficient (Wildman–Crippen LogP) is 1.69. The molecule has 2 aliphatic carbocycles. The van der Waals surface area contributed by atoms with Crippen LogP contribution in [0.4, 0.5) is 0 Å². The number of carbonyl (C=O) groups excluding carboxylic acids is 1. The summed E-state index contributed by atoms with van der Waals surface area (Å²) in [7, 11) is 5.34. The quantitative estimate of drug-likeness (QED) is 0.894. The molecule has 2 fully saturated rings. The second kappa shape index (κ2) is 5.20. The number of ether oxygens (including phenoxy) is 2. The fourth-order valence-electron chi connectivity index (χ4n) is 5.45. The molecule has 0 spiro atoms. The Morgan fingerprint density at radius 2 is 2.04 bits per heavy atom. The number of ketones is 1. The second-order valence-electron chi connectivity index (χ2n) is 7.51. The number of rotatable bonds is 2. The van der Waals surface area contributed by atoms with Gasteiger partial charge in [0.05, 0.1) is 19.8 Å². The topological polar surface area (TPSA) is 59.0 Å². The highest BCUT2D eigenvalue weighted by Crippen LogP contribution is 2.60. The summed E-state index contributed by atoms with van der Waals surface area (Å²) in [6, 6.07) is 4.05. The molecule has 5 heteroatoms. The first-order valence-corrected chi connectivity index (χ1v) is 8.65. The van der Waals surface area contributed by atoms with Crippen molar-refractivity contribution in [2.24, 2.45) is 0 Å². The molecule has 1 aromatic carbocycles. The standard InChI is InChI=1S/C19H25NO4/c1-20-9-8-18-11-13(21)6-7-19(18,22)15(20)10-12-4-5-14(23-2)17(24-3)16(12)18/h4-5,15,22H,6-11H2,1-3H3/t15?,18?,19-/m1/s1. The molecule has 5 nitrogen and oxygen atoms in total. The molecule has 130 valence electrons. The number of fused-ring (bicyclic) bond motifs is 1. The van der Waals surface area contributed by atoms with E-state index in [9.17, 15) is 9.90 Å². The molecule has 1 saturated heterocycles. The van der Waals surface area contributed by atoms with Crippen LogP contribution in [0.3, 0.4) is 0 Å². The van der Waals surface area contributed by atoms with Crippen LogP contribution in [-0.4, -0.2) is 55.2 Å². The Hall–Kier alpha value is -1.59. The maximum absolute atomic E-state index is 12.4. The molecule has 0 amide bonds. The van der Waals surface area contributed by atoms with Crippen molar-refractivity contribution >= 4 is 5.78 Å². The predicted molar refractivity (Wildman–Crippen MR) is 89.8 cm³/mol. The number of carbonyl (C=O) groups is 1. The lowest BCUT2D eigenvalue weighted by Gasteiger charge is -2.62. The molecule has 1 aliphatic heterocycles. The number of hydrogen-bond donors (Lipinski definition) is 1. The van der Waals surface area contributed by atoms with Crippen LogP contribution in [-0.2, 0) is 16.6 Å². The van der Waals surface area contributed by atoms with E-state index in [1.54, 1.807) is 14.2 Å². The molecule has 2 bridgehead atoms. The average molecular weight is 331 g/mol. The van der Waals surface area contributed by atoms with Crippen LogP contribution < -0.4 is 9.47 Å². The van der Waals surface area contributed by atoms with Crippen LogP contribution >= 0.6 is 0 Å². The van der Waals surface area contributed by atoms with Gasteiger partial charge in [0.15, 0.2) is 11.5 Å². The van der Waals surface area contributed by atoms with Gasteiger partial charge in [0.1, 0.15) is 5.78 Å². The zero-order chi connectivity index (χ0) is 17.1. The molecule has 4 rings (SSSR count). The Balaban J connectivity index is 2.02. The molecule has 1 N–H and O–H groups in total. The lowest BCUT2D eigenvalue weighted by molar-refractivity contribution is -0.169. The third-order valence-electron chi connectivity index (χ3n) is 6.61. The van der Waals surface area contributed by atoms with E-state index in [-0.39, 0.29) is 11.8 Å². The zero-order valence-corrected chi connectivity index (χ0v) is 14.6. The van der Waals surface area contributed by atoms with Gasteiger partial charge in [0, 0.05) is 29.9 Å². The Kier molecular flexibility index (Phi) is 3.45. The van der Waals surface area contributed by atoms with Crippen molar-refractivity contribution in [3.8, 4) is 11.5 Å². The van der Waals surface area contributed by atoms with E-state index in [4.69, 9.17) is 9.47 Å². The summed E-state index contributed by atoms with van der Waals surface area (Å²) < 4.78 is 11.2. The number of methoxy groups -OCH3 is 2. The molecular weight excluding hydrogens is 306 g/mol. The van der Waals surface area contributed by atoms with Gasteiger partial charge >= 0.3 is 0 Å². The summed E-state index contributed by atoms with van der Waals surface area (Å²) in [5, 5.41) is 11.8. The molecule has 2 unspecified atom stereocenters. The van der Waals surface area contributed by atoms with Crippen molar-refractivity contribution in [2.45, 2.75) is 49.2 Å². The van der Waals surface area contributed by atoms with E-state index < -0.39 is 11.0 Å². The van der Waals surface area contributed by atoms with E-state index in [0.29, 0.717) is 30.8 Å². The molecule has 1 heterocycles. The van der Waals surface area contributed by atoms with Gasteiger partial charge in [-0.15, -0.1) is 0 Å².